The zero-order valence-corrected chi connectivity index (χ0v) is 20.1. The number of benzene rings is 2. The van der Waals surface area contributed by atoms with Gasteiger partial charge in [-0.15, -0.1) is 0 Å². The zero-order valence-electron chi connectivity index (χ0n) is 20.1. The maximum Gasteiger partial charge on any atom is 0.322 e. The van der Waals surface area contributed by atoms with E-state index in [4.69, 9.17) is 0 Å². The van der Waals surface area contributed by atoms with E-state index in [-0.39, 0.29) is 11.6 Å². The third-order valence-electron chi connectivity index (χ3n) is 7.58. The minimum atomic E-state index is -0.227. The lowest BCUT2D eigenvalue weighted by Gasteiger charge is -2.40. The number of rotatable bonds is 2. The lowest BCUT2D eigenvalue weighted by atomic mass is 9.83. The van der Waals surface area contributed by atoms with E-state index in [1.165, 1.54) is 44.6 Å². The van der Waals surface area contributed by atoms with Crippen LogP contribution < -0.4 is 5.32 Å². The van der Waals surface area contributed by atoms with Crippen LogP contribution in [0.25, 0.3) is 0 Å². The van der Waals surface area contributed by atoms with Gasteiger partial charge in [0.2, 0.25) is 0 Å². The molecule has 1 unspecified atom stereocenters. The number of fused-ring (bicyclic) bond motifs is 3. The van der Waals surface area contributed by atoms with Gasteiger partial charge in [-0.1, -0.05) is 60.0 Å². The molecular formula is C28H35N3O. The highest BCUT2D eigenvalue weighted by Gasteiger charge is 2.49. The molecule has 2 fully saturated rings. The van der Waals surface area contributed by atoms with E-state index in [9.17, 15) is 4.79 Å². The molecule has 0 aromatic heterocycles. The summed E-state index contributed by atoms with van der Waals surface area (Å²) in [7, 11) is 0. The Labute approximate surface area is 192 Å². The first-order valence-electron chi connectivity index (χ1n) is 12.0. The number of urea groups is 1. The minimum absolute atomic E-state index is 0.0678. The van der Waals surface area contributed by atoms with Gasteiger partial charge in [-0.2, -0.15) is 0 Å². The predicted octanol–water partition coefficient (Wildman–Crippen LogP) is 5.48. The monoisotopic (exact) mass is 429 g/mol. The predicted molar refractivity (Wildman–Crippen MR) is 130 cm³/mol. The van der Waals surface area contributed by atoms with E-state index in [2.05, 4.69) is 81.2 Å². The van der Waals surface area contributed by atoms with Gasteiger partial charge < -0.3 is 5.32 Å². The molecule has 1 spiro atoms. The van der Waals surface area contributed by atoms with E-state index in [0.717, 1.165) is 32.5 Å². The van der Waals surface area contributed by atoms with Crippen molar-refractivity contribution in [3.8, 4) is 0 Å². The Hall–Kier alpha value is -2.59. The van der Waals surface area contributed by atoms with Crippen molar-refractivity contribution in [1.82, 2.24) is 15.1 Å². The summed E-state index contributed by atoms with van der Waals surface area (Å²) in [6, 6.07) is 11.4. The highest BCUT2D eigenvalue weighted by molar-refractivity contribution is 5.82. The van der Waals surface area contributed by atoms with E-state index in [1.54, 1.807) is 0 Å². The Kier molecular flexibility index (Phi) is 5.16. The topological polar surface area (TPSA) is 35.6 Å². The van der Waals surface area contributed by atoms with E-state index < -0.39 is 0 Å². The van der Waals surface area contributed by atoms with Gasteiger partial charge in [-0.3, -0.25) is 9.80 Å². The highest BCUT2D eigenvalue weighted by atomic mass is 16.2. The molecule has 0 aliphatic carbocycles. The van der Waals surface area contributed by atoms with Crippen molar-refractivity contribution >= 4 is 6.03 Å². The molecular weight excluding hydrogens is 394 g/mol. The van der Waals surface area contributed by atoms with Gasteiger partial charge >= 0.3 is 6.03 Å². The molecule has 3 aliphatic heterocycles. The Morgan fingerprint density at radius 3 is 2.31 bits per heavy atom. The number of piperidine rings is 1. The van der Waals surface area contributed by atoms with Gasteiger partial charge in [0.1, 0.15) is 0 Å². The molecule has 0 bridgehead atoms. The average Bonchev–Trinajstić information content (AvgIpc) is 2.84. The van der Waals surface area contributed by atoms with E-state index in [1.807, 2.05) is 4.90 Å². The molecule has 0 radical (unpaired) electrons. The van der Waals surface area contributed by atoms with Crippen molar-refractivity contribution in [2.24, 2.45) is 0 Å². The lowest BCUT2D eigenvalue weighted by molar-refractivity contribution is 0.160. The van der Waals surface area contributed by atoms with Crippen molar-refractivity contribution in [3.05, 3.63) is 81.0 Å². The van der Waals surface area contributed by atoms with Gasteiger partial charge in [-0.05, 0) is 62.8 Å². The molecule has 168 valence electrons. The van der Waals surface area contributed by atoms with Crippen LogP contribution in [0.15, 0.2) is 42.1 Å². The van der Waals surface area contributed by atoms with Crippen molar-refractivity contribution in [2.75, 3.05) is 13.1 Å². The second-order valence-electron chi connectivity index (χ2n) is 10.4. The molecule has 2 saturated heterocycles. The fourth-order valence-electron chi connectivity index (χ4n) is 6.34. The number of carbonyl (C=O) groups excluding carboxylic acids is 1. The summed E-state index contributed by atoms with van der Waals surface area (Å²) in [6.45, 7) is 14.6. The van der Waals surface area contributed by atoms with Crippen LogP contribution >= 0.6 is 0 Å². The maximum atomic E-state index is 13.1. The Bertz CT molecular complexity index is 1090. The molecule has 5 rings (SSSR count). The van der Waals surface area contributed by atoms with Crippen molar-refractivity contribution in [2.45, 2.75) is 72.0 Å². The number of nitrogens with zero attached hydrogens (tertiary/aromatic N) is 2. The molecule has 1 N–H and O–H groups in total. The van der Waals surface area contributed by atoms with Crippen LogP contribution in [0.2, 0.25) is 0 Å². The quantitative estimate of drug-likeness (QED) is 0.686. The van der Waals surface area contributed by atoms with Crippen LogP contribution in [0.5, 0.6) is 0 Å². The molecule has 0 saturated carbocycles. The third kappa shape index (κ3) is 3.65. The zero-order chi connectivity index (χ0) is 22.6. The van der Waals surface area contributed by atoms with Crippen LogP contribution in [-0.2, 0) is 13.1 Å². The Morgan fingerprint density at radius 2 is 1.62 bits per heavy atom. The van der Waals surface area contributed by atoms with E-state index in [0.29, 0.717) is 12.5 Å². The minimum Gasteiger partial charge on any atom is -0.327 e. The molecule has 2 aromatic carbocycles. The van der Waals surface area contributed by atoms with Crippen molar-refractivity contribution in [3.63, 3.8) is 0 Å². The Balaban J connectivity index is 1.38. The molecule has 2 aromatic rings. The second kappa shape index (κ2) is 7.77. The van der Waals surface area contributed by atoms with E-state index >= 15 is 0 Å². The molecule has 2 amide bonds. The number of allylic oxidation sites excluding steroid dienone is 1. The first kappa shape index (κ1) is 21.3. The Morgan fingerprint density at radius 1 is 0.969 bits per heavy atom. The first-order valence-corrected chi connectivity index (χ1v) is 12.0. The van der Waals surface area contributed by atoms with Crippen molar-refractivity contribution < 1.29 is 4.79 Å². The van der Waals surface area contributed by atoms with Gasteiger partial charge in [0.15, 0.2) is 0 Å². The SMILES string of the molecule is Cc1cc(C)cc(CN2CCC3(CC2)NC(=O)N2Cc4cc(C)cc(C)c4C(C)C=C23)c1. The second-order valence-corrected chi connectivity index (χ2v) is 10.4. The van der Waals surface area contributed by atoms with Crippen LogP contribution in [0.1, 0.15) is 64.6 Å². The summed E-state index contributed by atoms with van der Waals surface area (Å²) in [5.74, 6) is 0.309. The third-order valence-corrected chi connectivity index (χ3v) is 7.58. The average molecular weight is 430 g/mol. The largest absolute Gasteiger partial charge is 0.327 e. The summed E-state index contributed by atoms with van der Waals surface area (Å²) in [4.78, 5) is 17.7. The number of nitrogens with one attached hydrogen (secondary N) is 1. The standard InChI is InChI=1S/C28H35N3O/c1-18-10-19(2)13-23(12-18)16-30-8-6-28(7-9-30)25-15-22(5)26-21(4)11-20(3)14-24(26)17-31(25)27(32)29-28/h10-15,22H,6-9,16-17H2,1-5H3,(H,29,32). The molecule has 4 heteroatoms. The first-order chi connectivity index (χ1) is 15.2. The summed E-state index contributed by atoms with van der Waals surface area (Å²) >= 11 is 0. The summed E-state index contributed by atoms with van der Waals surface area (Å²) < 4.78 is 0. The maximum absolute atomic E-state index is 13.1. The molecule has 4 nitrogen and oxygen atoms in total. The molecule has 32 heavy (non-hydrogen) atoms. The summed E-state index contributed by atoms with van der Waals surface area (Å²) in [6.07, 6.45) is 4.30. The fraction of sp³-hybridized carbons (Fsp3) is 0.464. The smallest absolute Gasteiger partial charge is 0.322 e. The number of amides is 2. The fourth-order valence-corrected chi connectivity index (χ4v) is 6.34. The molecule has 1 atom stereocenters. The number of likely N-dealkylation sites (tertiary alicyclic amines) is 1. The number of hydrogen-bond donors (Lipinski definition) is 1. The van der Waals surface area contributed by atoms with Gasteiger partial charge in [0.05, 0.1) is 12.1 Å². The van der Waals surface area contributed by atoms with Crippen molar-refractivity contribution in [1.29, 1.82) is 0 Å². The van der Waals surface area contributed by atoms with Crippen LogP contribution in [0, 0.1) is 27.7 Å². The van der Waals surface area contributed by atoms with Crippen LogP contribution in [-0.4, -0.2) is 34.5 Å². The van der Waals surface area contributed by atoms with Gasteiger partial charge in [0, 0.05) is 31.2 Å². The lowest BCUT2D eigenvalue weighted by Crippen LogP contribution is -2.51. The van der Waals surface area contributed by atoms with Crippen LogP contribution in [0.3, 0.4) is 0 Å². The number of carbonyl (C=O) groups is 1. The number of aryl methyl sites for hydroxylation is 4. The normalized spacial score (nSPS) is 22.3. The highest BCUT2D eigenvalue weighted by Crippen LogP contribution is 2.43. The summed E-state index contributed by atoms with van der Waals surface area (Å²) in [5, 5.41) is 3.41. The molecule has 3 heterocycles. The van der Waals surface area contributed by atoms with Crippen LogP contribution in [0.4, 0.5) is 4.79 Å². The number of hydrogen-bond acceptors (Lipinski definition) is 2. The van der Waals surface area contributed by atoms with Gasteiger partial charge in [-0.25, -0.2) is 4.79 Å². The summed E-state index contributed by atoms with van der Waals surface area (Å²) in [5.41, 5.74) is 10.3. The molecule has 3 aliphatic rings. The van der Waals surface area contributed by atoms with Gasteiger partial charge in [0.25, 0.3) is 0 Å².